The number of anilines is 1. The lowest BCUT2D eigenvalue weighted by molar-refractivity contribution is -0.136. The van der Waals surface area contributed by atoms with Crippen molar-refractivity contribution >= 4 is 17.7 Å². The van der Waals surface area contributed by atoms with Crippen LogP contribution < -0.4 is 5.32 Å². The number of aryl methyl sites for hydroxylation is 1. The molecule has 0 aromatic heterocycles. The van der Waals surface area contributed by atoms with Crippen LogP contribution in [0.3, 0.4) is 0 Å². The number of carbonyl (C=O) groups is 2. The van der Waals surface area contributed by atoms with E-state index in [4.69, 9.17) is 5.11 Å². The molecule has 19 heavy (non-hydrogen) atoms. The average Bonchev–Trinajstić information content (AvgIpc) is 2.38. The molecule has 1 aromatic carbocycles. The first-order valence-electron chi connectivity index (χ1n) is 5.96. The zero-order valence-electron chi connectivity index (χ0n) is 10.9. The van der Waals surface area contributed by atoms with E-state index < -0.39 is 5.97 Å². The van der Waals surface area contributed by atoms with Gasteiger partial charge in [0.1, 0.15) is 0 Å². The highest BCUT2D eigenvalue weighted by Crippen LogP contribution is 2.11. The fraction of sp³-hybridized carbons (Fsp3) is 0.286. The maximum absolute atomic E-state index is 11.7. The van der Waals surface area contributed by atoms with Gasteiger partial charge < -0.3 is 15.3 Å². The number of nitrogens with zero attached hydrogens (tertiary/aromatic N) is 1. The van der Waals surface area contributed by atoms with E-state index in [0.29, 0.717) is 18.7 Å². The van der Waals surface area contributed by atoms with Gasteiger partial charge in [-0.25, -0.2) is 4.79 Å². The number of hydrogen-bond donors (Lipinski definition) is 2. The molecule has 102 valence electrons. The zero-order valence-corrected chi connectivity index (χ0v) is 10.9. The Labute approximate surface area is 112 Å². The summed E-state index contributed by atoms with van der Waals surface area (Å²) in [6.07, 6.45) is 2.24. The molecule has 0 radical (unpaired) electrons. The van der Waals surface area contributed by atoms with Crippen LogP contribution in [-0.4, -0.2) is 35.6 Å². The second-order valence-corrected chi connectivity index (χ2v) is 4.19. The summed E-state index contributed by atoms with van der Waals surface area (Å²) in [5, 5.41) is 11.3. The molecule has 0 heterocycles. The van der Waals surface area contributed by atoms with Crippen molar-refractivity contribution in [2.24, 2.45) is 0 Å². The Morgan fingerprint density at radius 3 is 2.53 bits per heavy atom. The van der Waals surface area contributed by atoms with Crippen molar-refractivity contribution in [3.8, 4) is 0 Å². The predicted molar refractivity (Wildman–Crippen MR) is 74.2 cm³/mol. The molecular formula is C14H18N2O3. The normalized spacial score (nSPS) is 9.74. The van der Waals surface area contributed by atoms with Crippen LogP contribution in [0.2, 0.25) is 0 Å². The molecule has 0 fully saturated rings. The Morgan fingerprint density at radius 1 is 1.37 bits per heavy atom. The number of carboxylic acids is 1. The Bertz CT molecular complexity index is 454. The highest BCUT2D eigenvalue weighted by Gasteiger charge is 2.06. The van der Waals surface area contributed by atoms with Crippen molar-refractivity contribution in [3.05, 3.63) is 42.5 Å². The fourth-order valence-electron chi connectivity index (χ4n) is 1.50. The molecule has 0 aliphatic carbocycles. The number of rotatable bonds is 6. The molecule has 5 nitrogen and oxygen atoms in total. The molecule has 1 aromatic rings. The predicted octanol–water partition coefficient (Wildman–Crippen LogP) is 2.35. The van der Waals surface area contributed by atoms with Crippen LogP contribution >= 0.6 is 0 Å². The molecular weight excluding hydrogens is 244 g/mol. The van der Waals surface area contributed by atoms with Gasteiger partial charge in [-0.2, -0.15) is 0 Å². The second kappa shape index (κ2) is 7.20. The van der Waals surface area contributed by atoms with Gasteiger partial charge in [0, 0.05) is 25.7 Å². The molecule has 2 N–H and O–H groups in total. The van der Waals surface area contributed by atoms with Crippen molar-refractivity contribution in [1.82, 2.24) is 4.90 Å². The number of carbonyl (C=O) groups excluding carboxylic acids is 1. The van der Waals surface area contributed by atoms with Crippen molar-refractivity contribution in [1.29, 1.82) is 0 Å². The molecule has 0 unspecified atom stereocenters. The Kier molecular flexibility index (Phi) is 5.60. The van der Waals surface area contributed by atoms with Crippen molar-refractivity contribution in [2.45, 2.75) is 12.8 Å². The van der Waals surface area contributed by atoms with E-state index in [1.807, 2.05) is 12.1 Å². The number of likely N-dealkylation sites (N-methyl/N-ethyl adjacent to an activating group) is 1. The molecule has 0 aliphatic heterocycles. The van der Waals surface area contributed by atoms with Gasteiger partial charge in [-0.1, -0.05) is 18.2 Å². The van der Waals surface area contributed by atoms with Gasteiger partial charge >= 0.3 is 12.0 Å². The van der Waals surface area contributed by atoms with Crippen LogP contribution in [-0.2, 0) is 11.2 Å². The number of benzene rings is 1. The Balaban J connectivity index is 2.54. The maximum atomic E-state index is 11.7. The molecule has 5 heteroatoms. The van der Waals surface area contributed by atoms with E-state index in [1.165, 1.54) is 4.90 Å². The molecule has 1 rings (SSSR count). The van der Waals surface area contributed by atoms with Crippen LogP contribution in [0.4, 0.5) is 10.5 Å². The number of carboxylic acid groups (broad SMARTS) is 1. The van der Waals surface area contributed by atoms with Gasteiger partial charge in [0.15, 0.2) is 0 Å². The van der Waals surface area contributed by atoms with Crippen molar-refractivity contribution in [2.75, 3.05) is 18.9 Å². The summed E-state index contributed by atoms with van der Waals surface area (Å²) in [6, 6.07) is 6.93. The zero-order chi connectivity index (χ0) is 14.3. The first-order valence-corrected chi connectivity index (χ1v) is 5.96. The summed E-state index contributed by atoms with van der Waals surface area (Å²) in [6.45, 7) is 4.04. The molecule has 0 bridgehead atoms. The van der Waals surface area contributed by atoms with Gasteiger partial charge in [0.2, 0.25) is 0 Å². The molecule has 0 saturated carbocycles. The maximum Gasteiger partial charge on any atom is 0.321 e. The van der Waals surface area contributed by atoms with E-state index in [0.717, 1.165) is 5.56 Å². The second-order valence-electron chi connectivity index (χ2n) is 4.19. The lowest BCUT2D eigenvalue weighted by Gasteiger charge is -2.15. The molecule has 0 spiro atoms. The quantitative estimate of drug-likeness (QED) is 0.773. The molecule has 0 atom stereocenters. The van der Waals surface area contributed by atoms with Gasteiger partial charge in [-0.3, -0.25) is 4.79 Å². The number of nitrogens with one attached hydrogen (secondary N) is 1. The highest BCUT2D eigenvalue weighted by atomic mass is 16.4. The number of urea groups is 1. The Morgan fingerprint density at radius 2 is 2.00 bits per heavy atom. The van der Waals surface area contributed by atoms with Gasteiger partial charge in [-0.05, 0) is 24.1 Å². The van der Waals surface area contributed by atoms with E-state index in [1.54, 1.807) is 25.3 Å². The average molecular weight is 262 g/mol. The van der Waals surface area contributed by atoms with E-state index in [9.17, 15) is 9.59 Å². The van der Waals surface area contributed by atoms with Crippen LogP contribution in [0.1, 0.15) is 12.0 Å². The van der Waals surface area contributed by atoms with Gasteiger partial charge in [-0.15, -0.1) is 6.58 Å². The standard InChI is InChI=1S/C14H18N2O3/c1-3-10-16(2)14(19)15-12-7-4-11(5-8-12)6-9-13(17)18/h3-5,7-8H,1,6,9-10H2,2H3,(H,15,19)(H,17,18). The fourth-order valence-corrected chi connectivity index (χ4v) is 1.50. The summed E-state index contributed by atoms with van der Waals surface area (Å²) in [5.74, 6) is -0.816. The number of hydrogen-bond acceptors (Lipinski definition) is 2. The summed E-state index contributed by atoms with van der Waals surface area (Å²) < 4.78 is 0. The topological polar surface area (TPSA) is 69.6 Å². The van der Waals surface area contributed by atoms with Crippen molar-refractivity contribution in [3.63, 3.8) is 0 Å². The number of amides is 2. The first kappa shape index (κ1) is 14.8. The van der Waals surface area contributed by atoms with Crippen LogP contribution in [0.25, 0.3) is 0 Å². The third-order valence-electron chi connectivity index (χ3n) is 2.58. The van der Waals surface area contributed by atoms with Crippen LogP contribution in [0, 0.1) is 0 Å². The SMILES string of the molecule is C=CCN(C)C(=O)Nc1ccc(CCC(=O)O)cc1. The van der Waals surface area contributed by atoms with Crippen LogP contribution in [0.5, 0.6) is 0 Å². The molecule has 2 amide bonds. The minimum Gasteiger partial charge on any atom is -0.481 e. The molecule has 0 saturated heterocycles. The van der Waals surface area contributed by atoms with Crippen LogP contribution in [0.15, 0.2) is 36.9 Å². The lowest BCUT2D eigenvalue weighted by Crippen LogP contribution is -2.31. The van der Waals surface area contributed by atoms with E-state index >= 15 is 0 Å². The van der Waals surface area contributed by atoms with Gasteiger partial charge in [0.05, 0.1) is 0 Å². The van der Waals surface area contributed by atoms with E-state index in [-0.39, 0.29) is 12.5 Å². The largest absolute Gasteiger partial charge is 0.481 e. The highest BCUT2D eigenvalue weighted by molar-refractivity contribution is 5.89. The summed E-state index contributed by atoms with van der Waals surface area (Å²) in [5.41, 5.74) is 1.61. The third-order valence-corrected chi connectivity index (χ3v) is 2.58. The monoisotopic (exact) mass is 262 g/mol. The minimum absolute atomic E-state index is 0.105. The lowest BCUT2D eigenvalue weighted by atomic mass is 10.1. The summed E-state index contributed by atoms with van der Waals surface area (Å²) in [4.78, 5) is 23.6. The Hall–Kier alpha value is -2.30. The third kappa shape index (κ3) is 5.25. The van der Waals surface area contributed by atoms with Gasteiger partial charge in [0.25, 0.3) is 0 Å². The smallest absolute Gasteiger partial charge is 0.321 e. The number of aliphatic carboxylic acids is 1. The first-order chi connectivity index (χ1) is 9.02. The van der Waals surface area contributed by atoms with E-state index in [2.05, 4.69) is 11.9 Å². The minimum atomic E-state index is -0.816. The van der Waals surface area contributed by atoms with Crippen molar-refractivity contribution < 1.29 is 14.7 Å². The molecule has 0 aliphatic rings. The summed E-state index contributed by atoms with van der Waals surface area (Å²) in [7, 11) is 1.68. The summed E-state index contributed by atoms with van der Waals surface area (Å²) >= 11 is 0.